The number of oxime groups is 2. The van der Waals surface area contributed by atoms with Crippen LogP contribution >= 0.6 is 23.4 Å². The number of carbonyl (C=O) groups excluding carboxylic acids is 1. The second-order valence-electron chi connectivity index (χ2n) is 11.1. The van der Waals surface area contributed by atoms with E-state index >= 15 is 0 Å². The van der Waals surface area contributed by atoms with E-state index in [9.17, 15) is 13.2 Å². The third-order valence-electron chi connectivity index (χ3n) is 6.81. The zero-order valence-electron chi connectivity index (χ0n) is 31.5. The Morgan fingerprint density at radius 3 is 1.98 bits per heavy atom. The third kappa shape index (κ3) is 15.9. The molecule has 2 atom stereocenters. The van der Waals surface area contributed by atoms with Crippen LogP contribution in [0.25, 0.3) is 0 Å². The summed E-state index contributed by atoms with van der Waals surface area (Å²) in [5.74, 6) is -0.00640. The van der Waals surface area contributed by atoms with E-state index in [1.165, 1.54) is 29.7 Å². The van der Waals surface area contributed by atoms with Gasteiger partial charge < -0.3 is 0 Å². The number of rotatable bonds is 14. The first-order valence-corrected chi connectivity index (χ1v) is 21.2. The quantitative estimate of drug-likeness (QED) is 0.0545. The molecule has 1 aliphatic carbocycles. The molecule has 286 valence electrons. The lowest BCUT2D eigenvalue weighted by Crippen LogP contribution is -2.17. The summed E-state index contributed by atoms with van der Waals surface area (Å²) in [6.07, 6.45) is 8.07. The van der Waals surface area contributed by atoms with Crippen molar-refractivity contribution in [1.82, 2.24) is 0 Å². The van der Waals surface area contributed by atoms with Gasteiger partial charge in [0.1, 0.15) is 0 Å². The van der Waals surface area contributed by atoms with Crippen LogP contribution in [0.15, 0.2) is 165 Å². The maximum absolute atomic E-state index is 13.0. The molecule has 0 radical (unpaired) electrons. The zero-order valence-corrected chi connectivity index (χ0v) is 34.7. The van der Waals surface area contributed by atoms with Crippen LogP contribution in [-0.4, -0.2) is 31.4 Å². The van der Waals surface area contributed by atoms with E-state index in [-0.39, 0.29) is 11.5 Å². The van der Waals surface area contributed by atoms with Crippen LogP contribution in [-0.2, 0) is 43.6 Å². The maximum Gasteiger partial charge on any atom is 0.265 e. The minimum Gasteiger partial charge on any atom is -0.292 e. The smallest absolute Gasteiger partial charge is 0.265 e. The molecule has 4 aromatic carbocycles. The van der Waals surface area contributed by atoms with Crippen molar-refractivity contribution in [2.75, 3.05) is 5.75 Å². The molecule has 0 saturated heterocycles. The fraction of sp³-hybridized carbons (Fsp3) is 0.233. The number of benzene rings is 4. The summed E-state index contributed by atoms with van der Waals surface area (Å²) in [4.78, 5) is 15.7. The lowest BCUT2D eigenvalue weighted by Gasteiger charge is -2.07. The number of nitrogens with zero attached hydrogens (tertiary/aromatic N) is 2. The van der Waals surface area contributed by atoms with Gasteiger partial charge in [-0.15, -0.1) is 0 Å². The minimum atomic E-state index is -1.63. The molecule has 0 spiro atoms. The highest BCUT2D eigenvalue weighted by Gasteiger charge is 2.19. The van der Waals surface area contributed by atoms with Gasteiger partial charge in [-0.3, -0.25) is 13.4 Å². The van der Waals surface area contributed by atoms with Crippen LogP contribution in [0.2, 0.25) is 5.02 Å². The number of halogens is 1. The van der Waals surface area contributed by atoms with Gasteiger partial charge in [0.25, 0.3) is 11.1 Å². The Bertz CT molecular complexity index is 1900. The van der Waals surface area contributed by atoms with Gasteiger partial charge in [-0.05, 0) is 72.1 Å². The molecule has 5 rings (SSSR count). The highest BCUT2D eigenvalue weighted by atomic mass is 35.5. The van der Waals surface area contributed by atoms with Crippen molar-refractivity contribution in [1.29, 1.82) is 0 Å². The summed E-state index contributed by atoms with van der Waals surface area (Å²) in [6, 6.07) is 32.1. The predicted molar refractivity (Wildman–Crippen MR) is 229 cm³/mol. The fourth-order valence-corrected chi connectivity index (χ4v) is 6.81. The molecule has 0 saturated carbocycles. The van der Waals surface area contributed by atoms with Crippen molar-refractivity contribution in [3.63, 3.8) is 0 Å². The molecule has 7 nitrogen and oxygen atoms in total. The van der Waals surface area contributed by atoms with E-state index in [0.29, 0.717) is 33.2 Å². The Hall–Kier alpha value is -4.35. The van der Waals surface area contributed by atoms with E-state index in [1.54, 1.807) is 54.2 Å². The van der Waals surface area contributed by atoms with Crippen molar-refractivity contribution in [3.05, 3.63) is 162 Å². The molecule has 0 heterocycles. The van der Waals surface area contributed by atoms with Gasteiger partial charge in [0, 0.05) is 38.8 Å². The summed E-state index contributed by atoms with van der Waals surface area (Å²) in [7, 11) is 0. The molecule has 0 N–H and O–H groups in total. The van der Waals surface area contributed by atoms with Crippen LogP contribution < -0.4 is 0 Å². The van der Waals surface area contributed by atoms with Gasteiger partial charge in [0.15, 0.2) is 5.71 Å². The van der Waals surface area contributed by atoms with Crippen LogP contribution in [0.4, 0.5) is 0 Å². The Morgan fingerprint density at radius 2 is 1.43 bits per heavy atom. The van der Waals surface area contributed by atoms with Crippen LogP contribution in [0.3, 0.4) is 0 Å². The average molecular weight is 806 g/mol. The van der Waals surface area contributed by atoms with Gasteiger partial charge in [0.2, 0.25) is 16.9 Å². The molecule has 0 aromatic heterocycles. The molecular weight excluding hydrogens is 756 g/mol. The van der Waals surface area contributed by atoms with Gasteiger partial charge in [-0.25, -0.2) is 8.42 Å². The van der Waals surface area contributed by atoms with E-state index in [1.807, 2.05) is 75.4 Å². The summed E-state index contributed by atoms with van der Waals surface area (Å²) in [6.45, 7) is 17.5. The molecule has 54 heavy (non-hydrogen) atoms. The SMILES string of the molecule is C=C/C=C(C=C)/C(=N\OS(=O)CCC)C(=O)c1ccc(Sc2ccccc2)cc1.CC.CCC.O=S(ON=C1Cc2ccccc2C1)c1cccc(Cl)c1. The molecule has 11 heteroatoms. The van der Waals surface area contributed by atoms with E-state index in [2.05, 4.69) is 49.4 Å². The van der Waals surface area contributed by atoms with Gasteiger partial charge in [0.05, 0.1) is 16.4 Å². The standard InChI is InChI=1S/C23H23NO3S2.C15H12ClNO2S.C3H8.C2H6/c1-4-10-18(6-3)22(24-27-29(26)17-5-2)23(25)19-13-15-21(16-14-19)28-20-11-8-7-9-12-20;16-13-6-3-7-15(10-13)20(18)19-17-14-8-11-4-1-2-5-12(11)9-14;1-3-2;1-2/h4,6-16H,1,3,5,17H2,2H3;1-7,10H,8-9H2;3H2,1-2H3;1-2H3/b18-10+,24-22+;;;. The Balaban J connectivity index is 0.000000349. The van der Waals surface area contributed by atoms with Gasteiger partial charge in [-0.1, -0.05) is 155 Å². The Kier molecular flexibility index (Phi) is 22.4. The number of ketones is 1. The lowest BCUT2D eigenvalue weighted by molar-refractivity contribution is 0.106. The summed E-state index contributed by atoms with van der Waals surface area (Å²) in [5.41, 5.74) is 4.32. The highest BCUT2D eigenvalue weighted by Crippen LogP contribution is 2.28. The lowest BCUT2D eigenvalue weighted by atomic mass is 10.0. The summed E-state index contributed by atoms with van der Waals surface area (Å²) >= 11 is 4.24. The monoisotopic (exact) mass is 804 g/mol. The number of hydrogen-bond acceptors (Lipinski definition) is 8. The number of fused-ring (bicyclic) bond motifs is 1. The minimum absolute atomic E-state index is 0.0350. The molecule has 4 aromatic rings. The number of carbonyl (C=O) groups is 1. The normalized spacial score (nSPS) is 12.8. The van der Waals surface area contributed by atoms with Gasteiger partial charge >= 0.3 is 0 Å². The van der Waals surface area contributed by atoms with Crippen molar-refractivity contribution in [3.8, 4) is 0 Å². The predicted octanol–water partition coefficient (Wildman–Crippen LogP) is 11.7. The molecule has 0 bridgehead atoms. The van der Waals surface area contributed by atoms with Crippen molar-refractivity contribution in [2.24, 2.45) is 10.3 Å². The van der Waals surface area contributed by atoms with Gasteiger partial charge in [-0.2, -0.15) is 0 Å². The molecule has 2 unspecified atom stereocenters. The molecular formula is C43H49ClN2O5S3. The average Bonchev–Trinajstić information content (AvgIpc) is 3.62. The summed E-state index contributed by atoms with van der Waals surface area (Å²) in [5, 5.41) is 8.42. The fourth-order valence-electron chi connectivity index (χ4n) is 4.48. The van der Waals surface area contributed by atoms with Crippen molar-refractivity contribution < 1.29 is 21.8 Å². The first-order chi connectivity index (χ1) is 26.2. The topological polar surface area (TPSA) is 94.4 Å². The van der Waals surface area contributed by atoms with E-state index < -0.39 is 22.2 Å². The Labute approximate surface area is 335 Å². The van der Waals surface area contributed by atoms with Crippen LogP contribution in [0, 0.1) is 0 Å². The Morgan fingerprint density at radius 1 is 0.833 bits per heavy atom. The number of allylic oxidation sites excluding steroid dienone is 4. The highest BCUT2D eigenvalue weighted by molar-refractivity contribution is 7.99. The summed E-state index contributed by atoms with van der Waals surface area (Å²) < 4.78 is 33.9. The van der Waals surface area contributed by atoms with E-state index in [0.717, 1.165) is 28.3 Å². The maximum atomic E-state index is 13.0. The van der Waals surface area contributed by atoms with Crippen molar-refractivity contribution in [2.45, 2.75) is 75.0 Å². The van der Waals surface area contributed by atoms with Crippen molar-refractivity contribution >= 4 is 62.7 Å². The number of Topliss-reactive ketones (excluding diaryl/α,β-unsaturated/α-hetero) is 1. The molecule has 0 amide bonds. The first-order valence-electron chi connectivity index (χ1n) is 17.7. The first kappa shape index (κ1) is 45.8. The van der Waals surface area contributed by atoms with Crippen LogP contribution in [0.1, 0.15) is 68.9 Å². The zero-order chi connectivity index (χ0) is 39.7. The largest absolute Gasteiger partial charge is 0.292 e. The molecule has 0 fully saturated rings. The second kappa shape index (κ2) is 26.4. The van der Waals surface area contributed by atoms with Crippen LogP contribution in [0.5, 0.6) is 0 Å². The third-order valence-corrected chi connectivity index (χ3v) is 9.90. The number of hydrogen-bond donors (Lipinski definition) is 0. The second-order valence-corrected chi connectivity index (χ2v) is 14.9. The molecule has 0 aliphatic heterocycles. The van der Waals surface area contributed by atoms with E-state index in [4.69, 9.17) is 20.2 Å². The molecule has 1 aliphatic rings.